The highest BCUT2D eigenvalue weighted by atomic mass is 31.2. The lowest BCUT2D eigenvalue weighted by Gasteiger charge is -2.34. The number of carbonyl (C=O) groups is 1. The van der Waals surface area contributed by atoms with Gasteiger partial charge in [0.25, 0.3) is 0 Å². The molecule has 2 saturated heterocycles. The molecular formula is C26H35N6O7P. The van der Waals surface area contributed by atoms with Crippen LogP contribution < -0.4 is 15.6 Å². The number of ether oxygens (including phenoxy) is 3. The number of benzene rings is 1. The molecule has 0 spiro atoms. The zero-order chi connectivity index (χ0) is 28.4. The van der Waals surface area contributed by atoms with Crippen molar-refractivity contribution in [2.75, 3.05) is 25.6 Å². The summed E-state index contributed by atoms with van der Waals surface area (Å²) in [7, 11) is -3.79. The van der Waals surface area contributed by atoms with E-state index in [2.05, 4.69) is 20.0 Å². The number of nitrogens with two attached hydrogens (primary N) is 1. The number of hydrogen-bond donors (Lipinski definition) is 2. The highest BCUT2D eigenvalue weighted by Crippen LogP contribution is 2.55. The van der Waals surface area contributed by atoms with Gasteiger partial charge in [0.05, 0.1) is 31.5 Å². The predicted molar refractivity (Wildman–Crippen MR) is 145 cm³/mol. The van der Waals surface area contributed by atoms with Crippen LogP contribution in [0.15, 0.2) is 36.7 Å². The minimum absolute atomic E-state index is 0.00963. The predicted octanol–water partition coefficient (Wildman–Crippen LogP) is 3.26. The van der Waals surface area contributed by atoms with Gasteiger partial charge in [0.2, 0.25) is 11.8 Å². The van der Waals surface area contributed by atoms with E-state index in [1.54, 1.807) is 24.7 Å². The van der Waals surface area contributed by atoms with Crippen molar-refractivity contribution >= 4 is 30.8 Å². The maximum absolute atomic E-state index is 13.8. The molecule has 2 aliphatic heterocycles. The van der Waals surface area contributed by atoms with Crippen LogP contribution in [0.1, 0.15) is 39.5 Å². The molecule has 3 N–H and O–H groups in total. The number of imidazole rings is 1. The van der Waals surface area contributed by atoms with Gasteiger partial charge in [-0.2, -0.15) is 9.97 Å². The molecule has 2 aliphatic rings. The summed E-state index contributed by atoms with van der Waals surface area (Å²) in [5.41, 5.74) is 7.84. The average Bonchev–Trinajstić information content (AvgIpc) is 3.48. The first-order valence-corrected chi connectivity index (χ1v) is 14.9. The molecule has 0 bridgehead atoms. The lowest BCUT2D eigenvalue weighted by molar-refractivity contribution is -0.148. The quantitative estimate of drug-likeness (QED) is 0.269. The Morgan fingerprint density at radius 1 is 1.27 bits per heavy atom. The lowest BCUT2D eigenvalue weighted by Crippen LogP contribution is -2.42. The first kappa shape index (κ1) is 28.4. The van der Waals surface area contributed by atoms with Gasteiger partial charge in [-0.1, -0.05) is 51.1 Å². The van der Waals surface area contributed by atoms with E-state index in [0.717, 1.165) is 5.56 Å². The monoisotopic (exact) mass is 574 g/mol. The van der Waals surface area contributed by atoms with Crippen LogP contribution in [0.25, 0.3) is 11.2 Å². The summed E-state index contributed by atoms with van der Waals surface area (Å²) < 4.78 is 44.8. The second-order valence-corrected chi connectivity index (χ2v) is 12.0. The molecule has 2 aromatic heterocycles. The van der Waals surface area contributed by atoms with Crippen LogP contribution in [0.4, 0.5) is 5.95 Å². The molecular weight excluding hydrogens is 539 g/mol. The second-order valence-electron chi connectivity index (χ2n) is 10.2. The molecule has 0 amide bonds. The Morgan fingerprint density at radius 3 is 2.77 bits per heavy atom. The zero-order valence-electron chi connectivity index (χ0n) is 22.9. The summed E-state index contributed by atoms with van der Waals surface area (Å²) in [4.78, 5) is 25.1. The number of fused-ring (bicyclic) bond motifs is 2. The van der Waals surface area contributed by atoms with Gasteiger partial charge in [0, 0.05) is 5.92 Å². The van der Waals surface area contributed by atoms with E-state index in [-0.39, 0.29) is 37.0 Å². The molecule has 5 rings (SSSR count). The molecule has 0 saturated carbocycles. The van der Waals surface area contributed by atoms with Crippen LogP contribution >= 0.6 is 7.75 Å². The van der Waals surface area contributed by atoms with Gasteiger partial charge in [0.15, 0.2) is 11.2 Å². The first-order valence-electron chi connectivity index (χ1n) is 13.4. The van der Waals surface area contributed by atoms with Crippen molar-refractivity contribution in [1.82, 2.24) is 24.6 Å². The molecule has 6 atom stereocenters. The largest absolute Gasteiger partial charge is 0.476 e. The third-order valence-electron chi connectivity index (χ3n) is 6.84. The minimum Gasteiger partial charge on any atom is -0.476 e. The van der Waals surface area contributed by atoms with Crippen molar-refractivity contribution in [2.45, 2.75) is 58.6 Å². The van der Waals surface area contributed by atoms with Crippen molar-refractivity contribution in [1.29, 1.82) is 0 Å². The van der Waals surface area contributed by atoms with Gasteiger partial charge in [-0.15, -0.1) is 0 Å². The van der Waals surface area contributed by atoms with E-state index in [0.29, 0.717) is 30.1 Å². The molecule has 3 aromatic rings. The van der Waals surface area contributed by atoms with Crippen LogP contribution in [-0.4, -0.2) is 63.6 Å². The van der Waals surface area contributed by atoms with Crippen molar-refractivity contribution < 1.29 is 32.6 Å². The molecule has 216 valence electrons. The minimum atomic E-state index is -3.79. The number of nitrogens with one attached hydrogen (secondary N) is 1. The summed E-state index contributed by atoms with van der Waals surface area (Å²) >= 11 is 0. The highest BCUT2D eigenvalue weighted by molar-refractivity contribution is 7.51. The van der Waals surface area contributed by atoms with Crippen molar-refractivity contribution in [2.24, 2.45) is 11.8 Å². The molecule has 14 heteroatoms. The maximum Gasteiger partial charge on any atom is 0.406 e. The standard InChI is InChI=1S/C26H35N6O7P/c1-5-35-23-20-22(29-26(27)30-23)32(14-28-20)24-16(4)21-19(38-24)13-37-40(34,39-21)31-18(12-36-25(33)15(2)3)11-17-9-7-6-8-10-17/h6-10,14-16,18-19,21,24H,5,11-13H2,1-4H3,(H,31,34)(H2,27,29,30)/t16-,18+,19+,21-,24+,40?/m0/s1. The Morgan fingerprint density at radius 2 is 2.05 bits per heavy atom. The highest BCUT2D eigenvalue weighted by Gasteiger charge is 2.52. The summed E-state index contributed by atoms with van der Waals surface area (Å²) in [6.07, 6.45) is 0.493. The smallest absolute Gasteiger partial charge is 0.406 e. The fourth-order valence-corrected chi connectivity index (χ4v) is 6.67. The summed E-state index contributed by atoms with van der Waals surface area (Å²) in [6.45, 7) is 7.76. The number of nitrogens with zero attached hydrogens (tertiary/aromatic N) is 4. The topological polar surface area (TPSA) is 162 Å². The second kappa shape index (κ2) is 11.8. The maximum atomic E-state index is 13.8. The van der Waals surface area contributed by atoms with Crippen molar-refractivity contribution in [3.63, 3.8) is 0 Å². The average molecular weight is 575 g/mol. The van der Waals surface area contributed by atoms with E-state index in [9.17, 15) is 9.36 Å². The lowest BCUT2D eigenvalue weighted by atomic mass is 10.0. The van der Waals surface area contributed by atoms with E-state index in [1.807, 2.05) is 44.2 Å². The van der Waals surface area contributed by atoms with Gasteiger partial charge < -0.3 is 19.9 Å². The van der Waals surface area contributed by atoms with E-state index in [4.69, 9.17) is 29.0 Å². The fourth-order valence-electron chi connectivity index (χ4n) is 4.87. The van der Waals surface area contributed by atoms with Crippen LogP contribution in [0.3, 0.4) is 0 Å². The number of carbonyl (C=O) groups excluding carboxylic acids is 1. The SMILES string of the molecule is CCOc1nc(N)nc2c1ncn2[C@@H]1O[C@@H]2COP(=O)(N[C@@H](COC(=O)C(C)C)Cc3ccccc3)O[C@H]2[C@@H]1C. The third kappa shape index (κ3) is 5.98. The Hall–Kier alpha value is -3.09. The van der Waals surface area contributed by atoms with Crippen LogP contribution in [0.2, 0.25) is 0 Å². The number of hydrogen-bond acceptors (Lipinski definition) is 11. The van der Waals surface area contributed by atoms with Crippen molar-refractivity contribution in [3.8, 4) is 5.88 Å². The van der Waals surface area contributed by atoms with Crippen molar-refractivity contribution in [3.05, 3.63) is 42.2 Å². The third-order valence-corrected chi connectivity index (χ3v) is 8.53. The zero-order valence-corrected chi connectivity index (χ0v) is 23.8. The van der Waals surface area contributed by atoms with Gasteiger partial charge in [-0.25, -0.2) is 14.6 Å². The molecule has 1 unspecified atom stereocenters. The Kier molecular flexibility index (Phi) is 8.39. The molecule has 1 aromatic carbocycles. The number of esters is 1. The van der Waals surface area contributed by atoms with Crippen LogP contribution in [-0.2, 0) is 34.3 Å². The molecule has 2 fully saturated rings. The fraction of sp³-hybridized carbons (Fsp3) is 0.538. The van der Waals surface area contributed by atoms with Gasteiger partial charge in [-0.3, -0.25) is 18.4 Å². The summed E-state index contributed by atoms with van der Waals surface area (Å²) in [5, 5.41) is 3.02. The van der Waals surface area contributed by atoms with Gasteiger partial charge in [0.1, 0.15) is 25.0 Å². The Labute approximate surface area is 232 Å². The number of aromatic nitrogens is 4. The molecule has 0 radical (unpaired) electrons. The number of anilines is 1. The summed E-state index contributed by atoms with van der Waals surface area (Å²) in [6, 6.07) is 9.15. The number of rotatable bonds is 10. The molecule has 13 nitrogen and oxygen atoms in total. The summed E-state index contributed by atoms with van der Waals surface area (Å²) in [5.74, 6) is -0.526. The van der Waals surface area contributed by atoms with Gasteiger partial charge >= 0.3 is 13.7 Å². The van der Waals surface area contributed by atoms with Crippen LogP contribution in [0.5, 0.6) is 5.88 Å². The first-order chi connectivity index (χ1) is 19.2. The normalized spacial score (nSPS) is 27.0. The molecule has 0 aliphatic carbocycles. The van der Waals surface area contributed by atoms with E-state index < -0.39 is 32.2 Å². The Bertz CT molecular complexity index is 1390. The van der Waals surface area contributed by atoms with E-state index in [1.165, 1.54) is 0 Å². The van der Waals surface area contributed by atoms with E-state index >= 15 is 0 Å². The molecule has 40 heavy (non-hydrogen) atoms. The van der Waals surface area contributed by atoms with Crippen LogP contribution in [0, 0.1) is 11.8 Å². The number of nitrogen functional groups attached to an aromatic ring is 1. The Balaban J connectivity index is 1.33. The molecule has 4 heterocycles. The van der Waals surface area contributed by atoms with Gasteiger partial charge in [-0.05, 0) is 18.9 Å².